The monoisotopic (exact) mass is 433 g/mol. The summed E-state index contributed by atoms with van der Waals surface area (Å²) >= 11 is 0. The molecule has 2 atom stereocenters. The molecule has 5 rings (SSSR count). The number of allylic oxidation sites excluding steroid dienone is 3. The zero-order chi connectivity index (χ0) is 22.8. The Balaban J connectivity index is 1.44. The quantitative estimate of drug-likeness (QED) is 0.480. The summed E-state index contributed by atoms with van der Waals surface area (Å²) in [5.74, 6) is 1.30. The largest absolute Gasteiger partial charge is 0.302 e. The van der Waals surface area contributed by atoms with Gasteiger partial charge in [-0.25, -0.2) is 0 Å². The van der Waals surface area contributed by atoms with Gasteiger partial charge in [-0.1, -0.05) is 112 Å². The lowest BCUT2D eigenvalue weighted by Crippen LogP contribution is -2.45. The molecule has 2 unspecified atom stereocenters. The van der Waals surface area contributed by atoms with Gasteiger partial charge in [0.05, 0.1) is 0 Å². The first-order valence-corrected chi connectivity index (χ1v) is 11.7. The van der Waals surface area contributed by atoms with Crippen molar-refractivity contribution < 1.29 is 0 Å². The molecule has 0 spiro atoms. The fourth-order valence-corrected chi connectivity index (χ4v) is 4.60. The molecule has 33 heavy (non-hydrogen) atoms. The number of nitrogens with zero attached hydrogens (tertiary/aromatic N) is 2. The third kappa shape index (κ3) is 4.36. The molecule has 0 saturated heterocycles. The van der Waals surface area contributed by atoms with Crippen molar-refractivity contribution in [3.63, 3.8) is 0 Å². The minimum atomic E-state index is 0.0743. The number of hydrazone groups is 1. The van der Waals surface area contributed by atoms with E-state index in [1.54, 1.807) is 0 Å². The number of amidine groups is 1. The highest BCUT2D eigenvalue weighted by atomic mass is 15.5. The minimum absolute atomic E-state index is 0.0743. The topological polar surface area (TPSA) is 27.6 Å². The van der Waals surface area contributed by atoms with E-state index in [1.807, 2.05) is 6.07 Å². The molecule has 0 fully saturated rings. The van der Waals surface area contributed by atoms with Crippen LogP contribution in [0.5, 0.6) is 0 Å². The summed E-state index contributed by atoms with van der Waals surface area (Å²) in [5, 5.41) is 4.83. The number of rotatable bonds is 4. The number of nitrogens with one attached hydrogen (secondary N) is 1. The van der Waals surface area contributed by atoms with Gasteiger partial charge in [-0.2, -0.15) is 5.10 Å². The van der Waals surface area contributed by atoms with Crippen LogP contribution in [0.3, 0.4) is 0 Å². The predicted octanol–water partition coefficient (Wildman–Crippen LogP) is 7.00. The zero-order valence-electron chi connectivity index (χ0n) is 19.6. The molecule has 3 heteroatoms. The van der Waals surface area contributed by atoms with Crippen molar-refractivity contribution in [2.24, 2.45) is 16.4 Å². The first-order valence-electron chi connectivity index (χ1n) is 11.7. The van der Waals surface area contributed by atoms with E-state index in [4.69, 9.17) is 5.10 Å². The minimum Gasteiger partial charge on any atom is -0.302 e. The standard InChI is InChI=1S/C30H31N3/c1-30(2,3)26-20-18-25(19-21-26)29-32-31-28(33(29)27-12-8-5-9-13-27)24-16-14-23(15-17-24)22-10-6-4-7-11-22/h4-18,20-21,25,29,32H,19H2,1-3H3. The van der Waals surface area contributed by atoms with E-state index in [0.29, 0.717) is 5.92 Å². The first kappa shape index (κ1) is 21.3. The van der Waals surface area contributed by atoms with Crippen LogP contribution >= 0.6 is 0 Å². The summed E-state index contributed by atoms with van der Waals surface area (Å²) < 4.78 is 0. The lowest BCUT2D eigenvalue weighted by Gasteiger charge is -2.34. The van der Waals surface area contributed by atoms with Crippen molar-refractivity contribution in [2.75, 3.05) is 4.90 Å². The molecule has 1 heterocycles. The molecule has 0 saturated carbocycles. The summed E-state index contributed by atoms with van der Waals surface area (Å²) in [6, 6.07) is 29.8. The van der Waals surface area contributed by atoms with Gasteiger partial charge in [0.2, 0.25) is 0 Å². The molecule has 2 aliphatic rings. The van der Waals surface area contributed by atoms with Crippen molar-refractivity contribution in [2.45, 2.75) is 33.4 Å². The van der Waals surface area contributed by atoms with Crippen LogP contribution < -0.4 is 10.3 Å². The van der Waals surface area contributed by atoms with Gasteiger partial charge in [0, 0.05) is 17.2 Å². The van der Waals surface area contributed by atoms with Gasteiger partial charge < -0.3 is 4.90 Å². The lowest BCUT2D eigenvalue weighted by molar-refractivity contribution is 0.439. The van der Waals surface area contributed by atoms with Crippen LogP contribution in [0, 0.1) is 11.3 Å². The fraction of sp³-hybridized carbons (Fsp3) is 0.233. The number of hydrogen-bond acceptors (Lipinski definition) is 3. The molecule has 0 aromatic heterocycles. The molecule has 3 nitrogen and oxygen atoms in total. The highest BCUT2D eigenvalue weighted by molar-refractivity contribution is 6.11. The number of hydrogen-bond donors (Lipinski definition) is 1. The number of para-hydroxylation sites is 1. The fourth-order valence-electron chi connectivity index (χ4n) is 4.60. The van der Waals surface area contributed by atoms with Crippen LogP contribution in [-0.4, -0.2) is 12.0 Å². The van der Waals surface area contributed by atoms with Gasteiger partial charge in [-0.3, -0.25) is 5.43 Å². The molecule has 1 aliphatic heterocycles. The van der Waals surface area contributed by atoms with Crippen LogP contribution in [-0.2, 0) is 0 Å². The Morgan fingerprint density at radius 3 is 2.00 bits per heavy atom. The molecule has 3 aromatic carbocycles. The van der Waals surface area contributed by atoms with Crippen molar-refractivity contribution in [3.8, 4) is 11.1 Å². The SMILES string of the molecule is CC(C)(C)C1=CCC(C2NN=C(c3ccc(-c4ccccc4)cc3)N2c2ccccc2)C=C1. The average Bonchev–Trinajstić information content (AvgIpc) is 3.30. The van der Waals surface area contributed by atoms with E-state index in [1.165, 1.54) is 16.7 Å². The zero-order valence-corrected chi connectivity index (χ0v) is 19.6. The Labute approximate surface area is 197 Å². The van der Waals surface area contributed by atoms with Crippen LogP contribution in [0.25, 0.3) is 11.1 Å². The van der Waals surface area contributed by atoms with Gasteiger partial charge in [-0.15, -0.1) is 0 Å². The molecular formula is C30H31N3. The van der Waals surface area contributed by atoms with Crippen LogP contribution in [0.4, 0.5) is 5.69 Å². The van der Waals surface area contributed by atoms with Gasteiger partial charge in [0.1, 0.15) is 6.17 Å². The van der Waals surface area contributed by atoms with Crippen molar-refractivity contribution in [1.82, 2.24) is 5.43 Å². The summed E-state index contributed by atoms with van der Waals surface area (Å²) in [5.41, 5.74) is 9.73. The molecule has 1 N–H and O–H groups in total. The normalized spacial score (nSPS) is 20.3. The maximum absolute atomic E-state index is 4.83. The van der Waals surface area contributed by atoms with E-state index in [-0.39, 0.29) is 11.6 Å². The van der Waals surface area contributed by atoms with Crippen molar-refractivity contribution >= 4 is 11.5 Å². The van der Waals surface area contributed by atoms with E-state index in [0.717, 1.165) is 23.5 Å². The average molecular weight is 434 g/mol. The Morgan fingerprint density at radius 1 is 0.788 bits per heavy atom. The van der Waals surface area contributed by atoms with Gasteiger partial charge in [-0.05, 0) is 40.7 Å². The summed E-state index contributed by atoms with van der Waals surface area (Å²) in [4.78, 5) is 2.35. The van der Waals surface area contributed by atoms with Crippen LogP contribution in [0.1, 0.15) is 32.8 Å². The lowest BCUT2D eigenvalue weighted by atomic mass is 9.81. The molecule has 3 aromatic rings. The number of anilines is 1. The maximum Gasteiger partial charge on any atom is 0.162 e. The summed E-state index contributed by atoms with van der Waals surface area (Å²) in [7, 11) is 0. The molecule has 0 radical (unpaired) electrons. The van der Waals surface area contributed by atoms with Crippen LogP contribution in [0.2, 0.25) is 0 Å². The Kier molecular flexibility index (Phi) is 5.63. The number of benzene rings is 3. The summed E-state index contributed by atoms with van der Waals surface area (Å²) in [6.45, 7) is 6.82. The van der Waals surface area contributed by atoms with Gasteiger partial charge in [0.25, 0.3) is 0 Å². The van der Waals surface area contributed by atoms with Crippen molar-refractivity contribution in [1.29, 1.82) is 0 Å². The smallest absolute Gasteiger partial charge is 0.162 e. The Bertz CT molecular complexity index is 1180. The molecular weight excluding hydrogens is 402 g/mol. The van der Waals surface area contributed by atoms with Crippen molar-refractivity contribution in [3.05, 3.63) is 114 Å². The van der Waals surface area contributed by atoms with E-state index >= 15 is 0 Å². The van der Waals surface area contributed by atoms with Crippen LogP contribution in [0.15, 0.2) is 114 Å². The highest BCUT2D eigenvalue weighted by Crippen LogP contribution is 2.35. The highest BCUT2D eigenvalue weighted by Gasteiger charge is 2.35. The second-order valence-electron chi connectivity index (χ2n) is 9.83. The van der Waals surface area contributed by atoms with E-state index in [2.05, 4.69) is 128 Å². The third-order valence-electron chi connectivity index (χ3n) is 6.50. The molecule has 1 aliphatic carbocycles. The Hall–Kier alpha value is -3.59. The Morgan fingerprint density at radius 2 is 1.39 bits per heavy atom. The second kappa shape index (κ2) is 8.74. The molecule has 0 bridgehead atoms. The second-order valence-corrected chi connectivity index (χ2v) is 9.83. The first-order chi connectivity index (χ1) is 16.0. The third-order valence-corrected chi connectivity index (χ3v) is 6.50. The van der Waals surface area contributed by atoms with Gasteiger partial charge in [0.15, 0.2) is 5.84 Å². The van der Waals surface area contributed by atoms with Gasteiger partial charge >= 0.3 is 0 Å². The maximum atomic E-state index is 4.83. The van der Waals surface area contributed by atoms with E-state index < -0.39 is 0 Å². The molecule has 166 valence electrons. The summed E-state index contributed by atoms with van der Waals surface area (Å²) in [6.07, 6.45) is 8.11. The molecule has 0 amide bonds. The predicted molar refractivity (Wildman–Crippen MR) is 139 cm³/mol. The van der Waals surface area contributed by atoms with E-state index in [9.17, 15) is 0 Å².